The molecule has 0 saturated carbocycles. The third kappa shape index (κ3) is 2.35. The molecule has 12 heteroatoms. The minimum absolute atomic E-state index is 0.0687. The lowest BCUT2D eigenvalue weighted by Crippen LogP contribution is -2.69. The minimum Gasteiger partial charge on any atom is -0.477 e. The standard InChI is InChI=1S/C14H12N6O4S2/c15-2-1-7(21)19-4-5-3-6(25-14-18-17-13(16)26-14)9(12(23)24)20-8(5)10(19)11(20)22/h5,8,10H,1,3-4H2,(H2,16,17)(H,23,24)/t5-,8-,10+/m1/s1. The van der Waals surface area contributed by atoms with Crippen molar-refractivity contribution in [3.8, 4) is 6.07 Å². The number of hydrogen-bond donors (Lipinski definition) is 2. The van der Waals surface area contributed by atoms with Gasteiger partial charge in [-0.15, -0.1) is 10.2 Å². The number of carboxylic acid groups (broad SMARTS) is 1. The molecule has 3 N–H and O–H groups in total. The lowest BCUT2D eigenvalue weighted by molar-refractivity contribution is -0.159. The Morgan fingerprint density at radius 1 is 1.46 bits per heavy atom. The number of carbonyl (C=O) groups is 3. The van der Waals surface area contributed by atoms with Gasteiger partial charge in [0.05, 0.1) is 12.1 Å². The zero-order valence-corrected chi connectivity index (χ0v) is 14.8. The monoisotopic (exact) mass is 392 g/mol. The number of nitriles is 1. The number of anilines is 1. The first-order chi connectivity index (χ1) is 12.4. The molecule has 3 atom stereocenters. The summed E-state index contributed by atoms with van der Waals surface area (Å²) in [7, 11) is 0. The number of rotatable bonds is 4. The summed E-state index contributed by atoms with van der Waals surface area (Å²) < 4.78 is 0.495. The van der Waals surface area contributed by atoms with Gasteiger partial charge in [0.25, 0.3) is 5.91 Å². The smallest absolute Gasteiger partial charge is 0.353 e. The van der Waals surface area contributed by atoms with E-state index in [4.69, 9.17) is 11.0 Å². The maximum Gasteiger partial charge on any atom is 0.353 e. The van der Waals surface area contributed by atoms with E-state index in [0.717, 1.165) is 23.1 Å². The number of β-lactam (4-membered cyclic amide) rings is 1. The fraction of sp³-hybridized carbons (Fsp3) is 0.429. The molecule has 0 bridgehead atoms. The molecule has 3 aliphatic heterocycles. The minimum atomic E-state index is -1.20. The second-order valence-corrected chi connectivity index (χ2v) is 8.43. The molecule has 0 aliphatic carbocycles. The van der Waals surface area contributed by atoms with Gasteiger partial charge in [-0.2, -0.15) is 5.26 Å². The van der Waals surface area contributed by atoms with Crippen molar-refractivity contribution in [2.24, 2.45) is 5.92 Å². The molecule has 0 unspecified atom stereocenters. The lowest BCUT2D eigenvalue weighted by Gasteiger charge is -2.49. The van der Waals surface area contributed by atoms with Crippen molar-refractivity contribution in [2.75, 3.05) is 12.3 Å². The lowest BCUT2D eigenvalue weighted by atomic mass is 9.82. The van der Waals surface area contributed by atoms with Gasteiger partial charge in [0.15, 0.2) is 4.34 Å². The van der Waals surface area contributed by atoms with Crippen LogP contribution >= 0.6 is 23.1 Å². The largest absolute Gasteiger partial charge is 0.477 e. The Balaban J connectivity index is 1.66. The van der Waals surface area contributed by atoms with E-state index in [2.05, 4.69) is 10.2 Å². The van der Waals surface area contributed by atoms with Gasteiger partial charge in [0, 0.05) is 17.4 Å². The van der Waals surface area contributed by atoms with Crippen LogP contribution in [0.3, 0.4) is 0 Å². The zero-order chi connectivity index (χ0) is 18.6. The maximum absolute atomic E-state index is 12.6. The van der Waals surface area contributed by atoms with Crippen LogP contribution in [-0.2, 0) is 14.4 Å². The first-order valence-electron chi connectivity index (χ1n) is 7.65. The highest BCUT2D eigenvalue weighted by Gasteiger charge is 2.64. The van der Waals surface area contributed by atoms with Crippen LogP contribution in [0.5, 0.6) is 0 Å². The number of nitrogens with two attached hydrogens (primary N) is 1. The van der Waals surface area contributed by atoms with Crippen LogP contribution in [0.25, 0.3) is 0 Å². The van der Waals surface area contributed by atoms with E-state index in [0.29, 0.717) is 22.2 Å². The third-order valence-electron chi connectivity index (χ3n) is 4.70. The zero-order valence-electron chi connectivity index (χ0n) is 13.2. The van der Waals surface area contributed by atoms with E-state index in [1.165, 1.54) is 9.80 Å². The number of nitrogen functional groups attached to an aromatic ring is 1. The molecule has 0 spiro atoms. The molecule has 1 aromatic rings. The highest BCUT2D eigenvalue weighted by molar-refractivity contribution is 8.04. The maximum atomic E-state index is 12.6. The van der Waals surface area contributed by atoms with Gasteiger partial charge in [-0.25, -0.2) is 4.79 Å². The molecular weight excluding hydrogens is 380 g/mol. The van der Waals surface area contributed by atoms with E-state index in [1.807, 2.05) is 0 Å². The highest BCUT2D eigenvalue weighted by atomic mass is 32.2. The second-order valence-electron chi connectivity index (χ2n) is 6.07. The Labute approximate surface area is 155 Å². The predicted molar refractivity (Wildman–Crippen MR) is 89.3 cm³/mol. The summed E-state index contributed by atoms with van der Waals surface area (Å²) in [6.07, 6.45) is 0.112. The average Bonchev–Trinajstić information content (AvgIpc) is 3.15. The van der Waals surface area contributed by atoms with Crippen LogP contribution in [0, 0.1) is 17.2 Å². The number of hydrogen-bond acceptors (Lipinski definition) is 9. The molecule has 2 amide bonds. The first kappa shape index (κ1) is 16.8. The average molecular weight is 392 g/mol. The summed E-state index contributed by atoms with van der Waals surface area (Å²) in [5, 5.41) is 26.2. The Morgan fingerprint density at radius 3 is 2.85 bits per heavy atom. The van der Waals surface area contributed by atoms with Crippen molar-refractivity contribution < 1.29 is 19.5 Å². The number of amides is 2. The summed E-state index contributed by atoms with van der Waals surface area (Å²) in [4.78, 5) is 39.7. The Hall–Kier alpha value is -2.65. The fourth-order valence-electron chi connectivity index (χ4n) is 3.77. The van der Waals surface area contributed by atoms with Gasteiger partial charge in [0.1, 0.15) is 18.2 Å². The van der Waals surface area contributed by atoms with E-state index in [1.54, 1.807) is 6.07 Å². The topological polar surface area (TPSA) is 154 Å². The summed E-state index contributed by atoms with van der Waals surface area (Å²) in [6.45, 7) is 0.327. The highest BCUT2D eigenvalue weighted by Crippen LogP contribution is 2.50. The van der Waals surface area contributed by atoms with Gasteiger partial charge in [0.2, 0.25) is 11.0 Å². The van der Waals surface area contributed by atoms with E-state index >= 15 is 0 Å². The molecule has 134 valence electrons. The molecule has 3 aliphatic rings. The number of allylic oxidation sites excluding steroid dienone is 1. The van der Waals surface area contributed by atoms with Gasteiger partial charge >= 0.3 is 5.97 Å². The van der Waals surface area contributed by atoms with Gasteiger partial charge in [-0.05, 0) is 6.42 Å². The molecular formula is C14H12N6O4S2. The first-order valence-corrected chi connectivity index (χ1v) is 9.28. The fourth-order valence-corrected chi connectivity index (χ4v) is 5.71. The SMILES string of the molecule is N#CCC(=O)N1C[C@H]2CC(Sc3nnc(N)s3)=C(C(=O)O)N3C(=O)[C@@H]1[C@@H]23. The molecule has 1 aromatic heterocycles. The number of nitrogens with zero attached hydrogens (tertiary/aromatic N) is 5. The summed E-state index contributed by atoms with van der Waals surface area (Å²) in [5.41, 5.74) is 5.50. The Kier molecular flexibility index (Phi) is 3.85. The van der Waals surface area contributed by atoms with Crippen LogP contribution in [-0.4, -0.2) is 61.5 Å². The summed E-state index contributed by atoms with van der Waals surface area (Å²) >= 11 is 2.27. The molecule has 2 fully saturated rings. The molecule has 2 saturated heterocycles. The molecule has 10 nitrogen and oxygen atoms in total. The van der Waals surface area contributed by atoms with Crippen LogP contribution in [0.1, 0.15) is 12.8 Å². The van der Waals surface area contributed by atoms with Crippen molar-refractivity contribution in [1.29, 1.82) is 5.26 Å². The van der Waals surface area contributed by atoms with Gasteiger partial charge in [-0.1, -0.05) is 23.1 Å². The van der Waals surface area contributed by atoms with Gasteiger partial charge in [-0.3, -0.25) is 14.5 Å². The van der Waals surface area contributed by atoms with Crippen molar-refractivity contribution >= 4 is 46.0 Å². The van der Waals surface area contributed by atoms with E-state index in [9.17, 15) is 19.5 Å². The predicted octanol–water partition coefficient (Wildman–Crippen LogP) is -0.136. The number of aromatic nitrogens is 2. The summed E-state index contributed by atoms with van der Waals surface area (Å²) in [6, 6.07) is 0.784. The Bertz CT molecular complexity index is 905. The van der Waals surface area contributed by atoms with Crippen molar-refractivity contribution in [3.05, 3.63) is 10.6 Å². The molecule has 0 radical (unpaired) electrons. The van der Waals surface area contributed by atoms with Crippen LogP contribution in [0.15, 0.2) is 14.9 Å². The number of carboxylic acids is 1. The van der Waals surface area contributed by atoms with Gasteiger partial charge < -0.3 is 15.7 Å². The van der Waals surface area contributed by atoms with Crippen LogP contribution < -0.4 is 5.73 Å². The van der Waals surface area contributed by atoms with E-state index in [-0.39, 0.29) is 29.2 Å². The van der Waals surface area contributed by atoms with Crippen LogP contribution in [0.2, 0.25) is 0 Å². The second kappa shape index (κ2) is 5.96. The number of likely N-dealkylation sites (tertiary alicyclic amines) is 1. The van der Waals surface area contributed by atoms with Crippen molar-refractivity contribution in [1.82, 2.24) is 20.0 Å². The number of aliphatic carboxylic acids is 1. The normalized spacial score (nSPS) is 26.4. The van der Waals surface area contributed by atoms with Crippen LogP contribution in [0.4, 0.5) is 5.13 Å². The third-order valence-corrected chi connectivity index (χ3v) is 6.61. The molecule has 0 aromatic carbocycles. The Morgan fingerprint density at radius 2 is 2.23 bits per heavy atom. The number of carbonyl (C=O) groups excluding carboxylic acids is 2. The molecule has 26 heavy (non-hydrogen) atoms. The molecule has 4 rings (SSSR count). The molecule has 4 heterocycles. The quantitative estimate of drug-likeness (QED) is 0.666. The van der Waals surface area contributed by atoms with Crippen molar-refractivity contribution in [3.63, 3.8) is 0 Å². The van der Waals surface area contributed by atoms with E-state index < -0.39 is 23.8 Å². The number of thioether (sulfide) groups is 1. The summed E-state index contributed by atoms with van der Waals surface area (Å²) in [5.74, 6) is -2.09. The van der Waals surface area contributed by atoms with Crippen molar-refractivity contribution in [2.45, 2.75) is 29.3 Å².